The van der Waals surface area contributed by atoms with E-state index in [0.29, 0.717) is 24.9 Å². The predicted molar refractivity (Wildman–Crippen MR) is 68.8 cm³/mol. The van der Waals surface area contributed by atoms with Crippen LogP contribution in [0, 0.1) is 11.8 Å². The lowest BCUT2D eigenvalue weighted by Gasteiger charge is -2.14. The summed E-state index contributed by atoms with van der Waals surface area (Å²) < 4.78 is 6.02. The summed E-state index contributed by atoms with van der Waals surface area (Å²) in [5, 5.41) is 9.04. The maximum Gasteiger partial charge on any atom is 0.407 e. The number of likely N-dealkylation sites (tertiary alicyclic amines) is 1. The van der Waals surface area contributed by atoms with Crippen molar-refractivity contribution in [1.82, 2.24) is 4.90 Å². The normalized spacial score (nSPS) is 39.6. The topological polar surface area (TPSA) is 53.1 Å². The zero-order valence-corrected chi connectivity index (χ0v) is 10.7. The Hall–Kier alpha value is -1.55. The number of epoxide rings is 1. The van der Waals surface area contributed by atoms with E-state index in [1.54, 1.807) is 4.90 Å². The molecule has 1 aromatic rings. The monoisotopic (exact) mass is 259 g/mol. The van der Waals surface area contributed by atoms with Crippen LogP contribution in [0.2, 0.25) is 0 Å². The average Bonchev–Trinajstić information content (AvgIpc) is 2.76. The first-order valence-electron chi connectivity index (χ1n) is 6.89. The van der Waals surface area contributed by atoms with E-state index in [1.807, 2.05) is 18.2 Å². The first-order valence-corrected chi connectivity index (χ1v) is 6.89. The Kier molecular flexibility index (Phi) is 2.22. The minimum absolute atomic E-state index is 0.0152. The molecule has 2 heterocycles. The highest BCUT2D eigenvalue weighted by molar-refractivity contribution is 5.65. The number of ether oxygens (including phenoxy) is 1. The number of carboxylic acid groups (broad SMARTS) is 1. The Balaban J connectivity index is 1.47. The lowest BCUT2D eigenvalue weighted by molar-refractivity contribution is 0.149. The molecule has 1 saturated carbocycles. The molecular formula is C15H17NO3. The second kappa shape index (κ2) is 3.73. The fourth-order valence-corrected chi connectivity index (χ4v) is 4.04. The van der Waals surface area contributed by atoms with Crippen LogP contribution in [0.4, 0.5) is 4.79 Å². The molecule has 4 rings (SSSR count). The fourth-order valence-electron chi connectivity index (χ4n) is 4.04. The van der Waals surface area contributed by atoms with Crippen LogP contribution in [0.15, 0.2) is 30.3 Å². The maximum atomic E-state index is 11.0. The summed E-state index contributed by atoms with van der Waals surface area (Å²) in [7, 11) is 0. The van der Waals surface area contributed by atoms with Gasteiger partial charge in [0.15, 0.2) is 0 Å². The van der Waals surface area contributed by atoms with Gasteiger partial charge in [0.05, 0.1) is 0 Å². The molecule has 2 aliphatic heterocycles. The van der Waals surface area contributed by atoms with Gasteiger partial charge in [0.2, 0.25) is 0 Å². The van der Waals surface area contributed by atoms with Gasteiger partial charge in [-0.2, -0.15) is 0 Å². The van der Waals surface area contributed by atoms with Crippen molar-refractivity contribution in [3.8, 4) is 0 Å². The van der Waals surface area contributed by atoms with Gasteiger partial charge in [0, 0.05) is 13.1 Å². The Labute approximate surface area is 112 Å². The van der Waals surface area contributed by atoms with Crippen LogP contribution in [-0.4, -0.2) is 34.8 Å². The van der Waals surface area contributed by atoms with Crippen molar-refractivity contribution in [2.45, 2.75) is 24.5 Å². The van der Waals surface area contributed by atoms with Crippen molar-refractivity contribution in [2.75, 3.05) is 13.1 Å². The first-order chi connectivity index (χ1) is 9.18. The Morgan fingerprint density at radius 1 is 1.21 bits per heavy atom. The van der Waals surface area contributed by atoms with Gasteiger partial charge in [-0.1, -0.05) is 30.3 Å². The summed E-state index contributed by atoms with van der Waals surface area (Å²) >= 11 is 0. The fraction of sp³-hybridized carbons (Fsp3) is 0.533. The lowest BCUT2D eigenvalue weighted by Crippen LogP contribution is -2.28. The van der Waals surface area contributed by atoms with Crippen LogP contribution in [0.25, 0.3) is 0 Å². The van der Waals surface area contributed by atoms with E-state index < -0.39 is 6.09 Å². The highest BCUT2D eigenvalue weighted by atomic mass is 16.6. The van der Waals surface area contributed by atoms with Crippen LogP contribution in [0.1, 0.15) is 24.5 Å². The number of rotatable bonds is 1. The molecule has 4 atom stereocenters. The highest BCUT2D eigenvalue weighted by Gasteiger charge is 2.64. The molecule has 1 aromatic carbocycles. The third-order valence-corrected chi connectivity index (χ3v) is 4.94. The van der Waals surface area contributed by atoms with E-state index >= 15 is 0 Å². The number of carbonyl (C=O) groups is 1. The number of nitrogens with zero attached hydrogens (tertiary/aromatic N) is 1. The molecule has 1 amide bonds. The SMILES string of the molecule is O=C(O)N1C[C@@H]2CC3(C[C@@H]2C1)OC3c1ccccc1. The molecule has 0 bridgehead atoms. The van der Waals surface area contributed by atoms with Crippen molar-refractivity contribution in [3.05, 3.63) is 35.9 Å². The molecule has 4 heteroatoms. The van der Waals surface area contributed by atoms with Gasteiger partial charge in [0.25, 0.3) is 0 Å². The van der Waals surface area contributed by atoms with Gasteiger partial charge in [-0.05, 0) is 30.2 Å². The molecule has 3 fully saturated rings. The summed E-state index contributed by atoms with van der Waals surface area (Å²) in [6.07, 6.45) is 1.49. The first kappa shape index (κ1) is 11.3. The van der Waals surface area contributed by atoms with E-state index in [-0.39, 0.29) is 11.7 Å². The predicted octanol–water partition coefficient (Wildman–Crippen LogP) is 2.52. The number of hydrogen-bond acceptors (Lipinski definition) is 2. The maximum absolute atomic E-state index is 11.0. The molecule has 0 aromatic heterocycles. The van der Waals surface area contributed by atoms with E-state index in [9.17, 15) is 4.79 Å². The zero-order valence-electron chi connectivity index (χ0n) is 10.7. The smallest absolute Gasteiger partial charge is 0.407 e. The largest absolute Gasteiger partial charge is 0.465 e. The van der Waals surface area contributed by atoms with E-state index in [1.165, 1.54) is 5.56 Å². The molecule has 2 saturated heterocycles. The van der Waals surface area contributed by atoms with E-state index in [4.69, 9.17) is 9.84 Å². The minimum Gasteiger partial charge on any atom is -0.465 e. The van der Waals surface area contributed by atoms with Gasteiger partial charge in [0.1, 0.15) is 11.7 Å². The number of benzene rings is 1. The van der Waals surface area contributed by atoms with Gasteiger partial charge in [-0.3, -0.25) is 0 Å². The molecule has 100 valence electrons. The van der Waals surface area contributed by atoms with Crippen LogP contribution in [-0.2, 0) is 4.74 Å². The van der Waals surface area contributed by atoms with Crippen LogP contribution in [0.5, 0.6) is 0 Å². The van der Waals surface area contributed by atoms with Crippen molar-refractivity contribution < 1.29 is 14.6 Å². The summed E-state index contributed by atoms with van der Waals surface area (Å²) in [5.41, 5.74) is 1.28. The second-order valence-corrected chi connectivity index (χ2v) is 6.09. The van der Waals surface area contributed by atoms with E-state index in [2.05, 4.69) is 12.1 Å². The van der Waals surface area contributed by atoms with Gasteiger partial charge < -0.3 is 14.7 Å². The van der Waals surface area contributed by atoms with Crippen LogP contribution >= 0.6 is 0 Å². The molecule has 0 radical (unpaired) electrons. The van der Waals surface area contributed by atoms with Crippen molar-refractivity contribution in [2.24, 2.45) is 11.8 Å². The molecule has 4 nitrogen and oxygen atoms in total. The average molecular weight is 259 g/mol. The molecule has 1 aliphatic carbocycles. The van der Waals surface area contributed by atoms with Crippen LogP contribution in [0.3, 0.4) is 0 Å². The molecule has 1 spiro atoms. The molecule has 2 unspecified atom stereocenters. The molecular weight excluding hydrogens is 242 g/mol. The Morgan fingerprint density at radius 2 is 1.84 bits per heavy atom. The standard InChI is InChI=1S/C15H17NO3/c17-14(18)16-8-11-6-15(7-12(11)9-16)13(19-15)10-4-2-1-3-5-10/h1-5,11-13H,6-9H2,(H,17,18)/t11-,12+,13?,15?. The molecule has 1 N–H and O–H groups in total. The summed E-state index contributed by atoms with van der Waals surface area (Å²) in [6.45, 7) is 1.37. The van der Waals surface area contributed by atoms with Crippen molar-refractivity contribution in [1.29, 1.82) is 0 Å². The Bertz CT molecular complexity index is 501. The second-order valence-electron chi connectivity index (χ2n) is 6.09. The number of fused-ring (bicyclic) bond motifs is 1. The van der Waals surface area contributed by atoms with Crippen LogP contribution < -0.4 is 0 Å². The van der Waals surface area contributed by atoms with Gasteiger partial charge in [-0.25, -0.2) is 4.79 Å². The third-order valence-electron chi connectivity index (χ3n) is 4.94. The summed E-state index contributed by atoms with van der Waals surface area (Å²) in [5.74, 6) is 0.981. The number of amides is 1. The van der Waals surface area contributed by atoms with Crippen molar-refractivity contribution >= 4 is 6.09 Å². The summed E-state index contributed by atoms with van der Waals surface area (Å²) in [4.78, 5) is 12.5. The zero-order chi connectivity index (χ0) is 13.0. The van der Waals surface area contributed by atoms with Crippen molar-refractivity contribution in [3.63, 3.8) is 0 Å². The molecule has 19 heavy (non-hydrogen) atoms. The lowest BCUT2D eigenvalue weighted by atomic mass is 9.96. The molecule has 3 aliphatic rings. The summed E-state index contributed by atoms with van der Waals surface area (Å²) in [6, 6.07) is 10.4. The minimum atomic E-state index is -0.778. The quantitative estimate of drug-likeness (QED) is 0.788. The number of hydrogen-bond donors (Lipinski definition) is 1. The highest BCUT2D eigenvalue weighted by Crippen LogP contribution is 2.63. The van der Waals surface area contributed by atoms with E-state index in [0.717, 1.165) is 12.8 Å². The third kappa shape index (κ3) is 1.66. The Morgan fingerprint density at radius 3 is 2.42 bits per heavy atom. The van der Waals surface area contributed by atoms with Gasteiger partial charge in [-0.15, -0.1) is 0 Å². The van der Waals surface area contributed by atoms with Gasteiger partial charge >= 0.3 is 6.09 Å².